The van der Waals surface area contributed by atoms with Crippen molar-refractivity contribution in [3.8, 4) is 0 Å². The molecule has 0 saturated heterocycles. The molecule has 0 bridgehead atoms. The van der Waals surface area contributed by atoms with Gasteiger partial charge < -0.3 is 5.32 Å². The van der Waals surface area contributed by atoms with Crippen LogP contribution in [0.25, 0.3) is 0 Å². The van der Waals surface area contributed by atoms with Crippen LogP contribution in [0.1, 0.15) is 36.6 Å². The average molecular weight is 285 g/mol. The van der Waals surface area contributed by atoms with Crippen LogP contribution in [0.2, 0.25) is 0 Å². The van der Waals surface area contributed by atoms with Crippen LogP contribution in [0.4, 0.5) is 4.39 Å². The van der Waals surface area contributed by atoms with Crippen molar-refractivity contribution in [2.45, 2.75) is 32.7 Å². The Morgan fingerprint density at radius 1 is 1.14 bits per heavy atom. The lowest BCUT2D eigenvalue weighted by molar-refractivity contribution is -0.121. The highest BCUT2D eigenvalue weighted by molar-refractivity contribution is 5.79. The lowest BCUT2D eigenvalue weighted by Gasteiger charge is -2.15. The molecule has 0 aliphatic carbocycles. The molecule has 0 aliphatic rings. The SMILES string of the molecule is CCc1ccc(C(C)NC(=O)Cc2cccc(F)c2)cc1. The first-order chi connectivity index (χ1) is 10.1. The van der Waals surface area contributed by atoms with Crippen molar-refractivity contribution < 1.29 is 9.18 Å². The molecular weight excluding hydrogens is 265 g/mol. The van der Waals surface area contributed by atoms with Crippen LogP contribution in [0.3, 0.4) is 0 Å². The molecule has 2 nitrogen and oxygen atoms in total. The van der Waals surface area contributed by atoms with Crippen molar-refractivity contribution in [3.63, 3.8) is 0 Å². The van der Waals surface area contributed by atoms with Gasteiger partial charge in [0.15, 0.2) is 0 Å². The smallest absolute Gasteiger partial charge is 0.224 e. The lowest BCUT2D eigenvalue weighted by Crippen LogP contribution is -2.28. The zero-order chi connectivity index (χ0) is 15.2. The number of amides is 1. The molecule has 3 heteroatoms. The van der Waals surface area contributed by atoms with Crippen LogP contribution < -0.4 is 5.32 Å². The van der Waals surface area contributed by atoms with Crippen LogP contribution >= 0.6 is 0 Å². The molecule has 2 rings (SSSR count). The molecule has 2 aromatic rings. The predicted octanol–water partition coefficient (Wildman–Crippen LogP) is 3.81. The summed E-state index contributed by atoms with van der Waals surface area (Å²) in [7, 11) is 0. The highest BCUT2D eigenvalue weighted by Gasteiger charge is 2.10. The number of nitrogens with one attached hydrogen (secondary N) is 1. The van der Waals surface area contributed by atoms with E-state index in [1.54, 1.807) is 12.1 Å². The summed E-state index contributed by atoms with van der Waals surface area (Å²) in [5.41, 5.74) is 3.03. The quantitative estimate of drug-likeness (QED) is 0.889. The van der Waals surface area contributed by atoms with Crippen molar-refractivity contribution in [2.24, 2.45) is 0 Å². The second-order valence-corrected chi connectivity index (χ2v) is 5.19. The molecule has 110 valence electrons. The molecule has 0 aromatic heterocycles. The fraction of sp³-hybridized carbons (Fsp3) is 0.278. The Bertz CT molecular complexity index is 607. The first-order valence-corrected chi connectivity index (χ1v) is 7.21. The van der Waals surface area contributed by atoms with Crippen LogP contribution in [0.5, 0.6) is 0 Å². The summed E-state index contributed by atoms with van der Waals surface area (Å²) in [6.07, 6.45) is 1.19. The average Bonchev–Trinajstić information content (AvgIpc) is 2.47. The maximum absolute atomic E-state index is 13.1. The van der Waals surface area contributed by atoms with E-state index in [2.05, 4.69) is 24.4 Å². The van der Waals surface area contributed by atoms with Gasteiger partial charge in [-0.2, -0.15) is 0 Å². The summed E-state index contributed by atoms with van der Waals surface area (Å²) in [5.74, 6) is -0.420. The van der Waals surface area contributed by atoms with Gasteiger partial charge in [-0.15, -0.1) is 0 Å². The second kappa shape index (κ2) is 7.02. The van der Waals surface area contributed by atoms with Gasteiger partial charge in [-0.3, -0.25) is 4.79 Å². The van der Waals surface area contributed by atoms with Gasteiger partial charge in [0.2, 0.25) is 5.91 Å². The number of carbonyl (C=O) groups excluding carboxylic acids is 1. The zero-order valence-corrected chi connectivity index (χ0v) is 12.4. The van der Waals surface area contributed by atoms with Crippen LogP contribution in [0.15, 0.2) is 48.5 Å². The molecule has 1 amide bonds. The molecule has 1 N–H and O–H groups in total. The molecule has 0 fully saturated rings. The van der Waals surface area contributed by atoms with Crippen molar-refractivity contribution in [2.75, 3.05) is 0 Å². The highest BCUT2D eigenvalue weighted by Crippen LogP contribution is 2.14. The largest absolute Gasteiger partial charge is 0.349 e. The Kier molecular flexibility index (Phi) is 5.09. The van der Waals surface area contributed by atoms with E-state index < -0.39 is 0 Å². The van der Waals surface area contributed by atoms with E-state index in [0.717, 1.165) is 12.0 Å². The Hall–Kier alpha value is -2.16. The molecule has 2 aromatic carbocycles. The maximum atomic E-state index is 13.1. The van der Waals surface area contributed by atoms with Gasteiger partial charge in [0.05, 0.1) is 12.5 Å². The van der Waals surface area contributed by atoms with E-state index in [-0.39, 0.29) is 24.2 Å². The first-order valence-electron chi connectivity index (χ1n) is 7.21. The standard InChI is InChI=1S/C18H20FNO/c1-3-14-7-9-16(10-8-14)13(2)20-18(21)12-15-5-4-6-17(19)11-15/h4-11,13H,3,12H2,1-2H3,(H,20,21). The van der Waals surface area contributed by atoms with E-state index in [1.165, 1.54) is 17.7 Å². The molecular formula is C18H20FNO. The van der Waals surface area contributed by atoms with E-state index in [4.69, 9.17) is 0 Å². The molecule has 1 unspecified atom stereocenters. The number of hydrogen-bond acceptors (Lipinski definition) is 1. The summed E-state index contributed by atoms with van der Waals surface area (Å²) < 4.78 is 13.1. The minimum Gasteiger partial charge on any atom is -0.349 e. The zero-order valence-electron chi connectivity index (χ0n) is 12.4. The summed E-state index contributed by atoms with van der Waals surface area (Å²) in [5, 5.41) is 2.94. The summed E-state index contributed by atoms with van der Waals surface area (Å²) in [6.45, 7) is 4.06. The van der Waals surface area contributed by atoms with Crippen molar-refractivity contribution in [3.05, 3.63) is 71.0 Å². The van der Waals surface area contributed by atoms with E-state index >= 15 is 0 Å². The van der Waals surface area contributed by atoms with Gasteiger partial charge in [-0.05, 0) is 42.2 Å². The normalized spacial score (nSPS) is 12.0. The number of aryl methyl sites for hydroxylation is 1. The third-order valence-corrected chi connectivity index (χ3v) is 3.52. The first kappa shape index (κ1) is 15.2. The van der Waals surface area contributed by atoms with Crippen molar-refractivity contribution >= 4 is 5.91 Å². The Morgan fingerprint density at radius 3 is 2.48 bits per heavy atom. The van der Waals surface area contributed by atoms with Gasteiger partial charge in [0.1, 0.15) is 5.82 Å². The van der Waals surface area contributed by atoms with Crippen LogP contribution in [0, 0.1) is 5.82 Å². The summed E-state index contributed by atoms with van der Waals surface area (Å²) >= 11 is 0. The van der Waals surface area contributed by atoms with E-state index in [9.17, 15) is 9.18 Å². The third-order valence-electron chi connectivity index (χ3n) is 3.52. The fourth-order valence-electron chi connectivity index (χ4n) is 2.25. The van der Waals surface area contributed by atoms with Gasteiger partial charge >= 0.3 is 0 Å². The number of carbonyl (C=O) groups is 1. The number of hydrogen-bond donors (Lipinski definition) is 1. The highest BCUT2D eigenvalue weighted by atomic mass is 19.1. The van der Waals surface area contributed by atoms with Gasteiger partial charge in [0, 0.05) is 0 Å². The second-order valence-electron chi connectivity index (χ2n) is 5.19. The topological polar surface area (TPSA) is 29.1 Å². The number of halogens is 1. The van der Waals surface area contributed by atoms with Crippen LogP contribution in [-0.2, 0) is 17.6 Å². The summed E-state index contributed by atoms with van der Waals surface area (Å²) in [6, 6.07) is 14.3. The van der Waals surface area contributed by atoms with E-state index in [1.807, 2.05) is 19.1 Å². The number of rotatable bonds is 5. The molecule has 21 heavy (non-hydrogen) atoms. The summed E-state index contributed by atoms with van der Waals surface area (Å²) in [4.78, 5) is 12.0. The van der Waals surface area contributed by atoms with E-state index in [0.29, 0.717) is 5.56 Å². The van der Waals surface area contributed by atoms with Gasteiger partial charge in [-0.25, -0.2) is 4.39 Å². The molecule has 1 atom stereocenters. The minimum absolute atomic E-state index is 0.0584. The Balaban J connectivity index is 1.95. The minimum atomic E-state index is -0.316. The predicted molar refractivity (Wildman–Crippen MR) is 82.5 cm³/mol. The lowest BCUT2D eigenvalue weighted by atomic mass is 10.0. The van der Waals surface area contributed by atoms with Crippen molar-refractivity contribution in [1.29, 1.82) is 0 Å². The van der Waals surface area contributed by atoms with Crippen molar-refractivity contribution in [1.82, 2.24) is 5.32 Å². The third kappa shape index (κ3) is 4.42. The molecule has 0 saturated carbocycles. The Morgan fingerprint density at radius 2 is 1.86 bits per heavy atom. The molecule has 0 aliphatic heterocycles. The Labute approximate surface area is 125 Å². The van der Waals surface area contributed by atoms with Gasteiger partial charge in [-0.1, -0.05) is 43.3 Å². The number of benzene rings is 2. The van der Waals surface area contributed by atoms with Gasteiger partial charge in [0.25, 0.3) is 0 Å². The molecule has 0 spiro atoms. The fourth-order valence-corrected chi connectivity index (χ4v) is 2.25. The van der Waals surface area contributed by atoms with Crippen LogP contribution in [-0.4, -0.2) is 5.91 Å². The molecule has 0 radical (unpaired) electrons. The molecule has 0 heterocycles. The maximum Gasteiger partial charge on any atom is 0.224 e. The monoisotopic (exact) mass is 285 g/mol.